The van der Waals surface area contributed by atoms with Crippen LogP contribution in [0, 0.1) is 0 Å². The molecule has 0 amide bonds. The lowest BCUT2D eigenvalue weighted by atomic mass is 9.84. The molecule has 1 aliphatic carbocycles. The van der Waals surface area contributed by atoms with Gasteiger partial charge in [-0.2, -0.15) is 0 Å². The van der Waals surface area contributed by atoms with E-state index in [0.29, 0.717) is 12.0 Å². The molecule has 2 aliphatic rings. The maximum Gasteiger partial charge on any atom is 0.342 e. The topological polar surface area (TPSA) is 66.8 Å². The lowest BCUT2D eigenvalue weighted by Crippen LogP contribution is -2.38. The van der Waals surface area contributed by atoms with Crippen LogP contribution in [-0.4, -0.2) is 34.0 Å². The molecule has 1 aromatic carbocycles. The van der Waals surface area contributed by atoms with E-state index in [1.807, 2.05) is 12.1 Å². The first-order valence-electron chi connectivity index (χ1n) is 7.36. The van der Waals surface area contributed by atoms with Crippen LogP contribution in [0.3, 0.4) is 0 Å². The minimum atomic E-state index is -1.54. The van der Waals surface area contributed by atoms with E-state index in [2.05, 4.69) is 18.2 Å². The zero-order valence-corrected chi connectivity index (χ0v) is 12.7. The highest BCUT2D eigenvalue weighted by molar-refractivity contribution is 7.19. The summed E-state index contributed by atoms with van der Waals surface area (Å²) < 4.78 is 6.29. The van der Waals surface area contributed by atoms with Gasteiger partial charge in [0.1, 0.15) is 12.2 Å². The maximum absolute atomic E-state index is 11.6. The van der Waals surface area contributed by atoms with Crippen molar-refractivity contribution in [2.75, 3.05) is 0 Å². The molecule has 4 nitrogen and oxygen atoms in total. The number of fused-ring (bicyclic) bond motifs is 3. The quantitative estimate of drug-likeness (QED) is 0.673. The molecule has 2 aromatic rings. The Morgan fingerprint density at radius 2 is 2.14 bits per heavy atom. The number of hydrogen-bond donors (Lipinski definition) is 2. The average molecular weight is 316 g/mol. The second-order valence-corrected chi connectivity index (χ2v) is 7.16. The third-order valence-electron chi connectivity index (χ3n) is 4.42. The first kappa shape index (κ1) is 13.9. The fraction of sp³-hybridized carbons (Fsp3) is 0.353. The van der Waals surface area contributed by atoms with E-state index in [4.69, 9.17) is 4.74 Å². The highest BCUT2D eigenvalue weighted by atomic mass is 32.1. The van der Waals surface area contributed by atoms with Gasteiger partial charge in [-0.05, 0) is 42.0 Å². The summed E-state index contributed by atoms with van der Waals surface area (Å²) in [6, 6.07) is 10.4. The lowest BCUT2D eigenvalue weighted by molar-refractivity contribution is -0.152. The van der Waals surface area contributed by atoms with Gasteiger partial charge in [0, 0.05) is 16.0 Å². The Balaban J connectivity index is 1.55. The largest absolute Gasteiger partial charge is 0.457 e. The van der Waals surface area contributed by atoms with E-state index >= 15 is 0 Å². The number of ether oxygens (including phenoxy) is 1. The molecule has 5 heteroatoms. The number of rotatable bonds is 3. The molecule has 0 radical (unpaired) electrons. The molecule has 3 atom stereocenters. The molecule has 2 heterocycles. The molecular weight excluding hydrogens is 300 g/mol. The van der Waals surface area contributed by atoms with Gasteiger partial charge in [-0.25, -0.2) is 4.79 Å². The van der Waals surface area contributed by atoms with Crippen molar-refractivity contribution in [2.24, 2.45) is 0 Å². The summed E-state index contributed by atoms with van der Waals surface area (Å²) in [5.41, 5.74) is -0.846. The molecule has 1 unspecified atom stereocenters. The normalized spacial score (nSPS) is 30.5. The molecule has 2 N–H and O–H groups in total. The zero-order chi connectivity index (χ0) is 15.3. The third-order valence-corrected chi connectivity index (χ3v) is 5.59. The Morgan fingerprint density at radius 1 is 1.32 bits per heavy atom. The van der Waals surface area contributed by atoms with Gasteiger partial charge >= 0.3 is 5.97 Å². The molecule has 1 saturated heterocycles. The number of carbonyl (C=O) groups is 1. The van der Waals surface area contributed by atoms with Gasteiger partial charge in [0.2, 0.25) is 0 Å². The fourth-order valence-electron chi connectivity index (χ4n) is 3.24. The van der Waals surface area contributed by atoms with Gasteiger partial charge in [-0.3, -0.25) is 0 Å². The van der Waals surface area contributed by atoms with Crippen LogP contribution in [-0.2, 0) is 16.0 Å². The average Bonchev–Trinajstić information content (AvgIpc) is 3.02. The highest BCUT2D eigenvalue weighted by Crippen LogP contribution is 2.38. The van der Waals surface area contributed by atoms with Gasteiger partial charge in [0.25, 0.3) is 0 Å². The van der Waals surface area contributed by atoms with Crippen LogP contribution in [0.5, 0.6) is 0 Å². The number of esters is 1. The van der Waals surface area contributed by atoms with Crippen LogP contribution >= 0.6 is 11.3 Å². The predicted octanol–water partition coefficient (Wildman–Crippen LogP) is 2.18. The Morgan fingerprint density at radius 3 is 2.95 bits per heavy atom. The van der Waals surface area contributed by atoms with Crippen molar-refractivity contribution in [3.05, 3.63) is 46.9 Å². The van der Waals surface area contributed by atoms with Crippen molar-refractivity contribution in [2.45, 2.75) is 37.1 Å². The molecule has 4 rings (SSSR count). The number of aryl methyl sites for hydroxylation is 1. The first-order valence-corrected chi connectivity index (χ1v) is 8.17. The van der Waals surface area contributed by atoms with Crippen molar-refractivity contribution < 1.29 is 19.7 Å². The molecule has 114 valence electrons. The van der Waals surface area contributed by atoms with Crippen LogP contribution in [0.1, 0.15) is 17.7 Å². The highest BCUT2D eigenvalue weighted by Gasteiger charge is 2.52. The van der Waals surface area contributed by atoms with Gasteiger partial charge in [0.05, 0.1) is 0 Å². The lowest BCUT2D eigenvalue weighted by Gasteiger charge is -2.26. The molecule has 0 spiro atoms. The summed E-state index contributed by atoms with van der Waals surface area (Å²) in [5, 5.41) is 21.7. The SMILES string of the molecule is O=C1OC2C[C@@]1(O)C=C(CCc1cc3ccccc3s1)[C@H]2O. The Kier molecular flexibility index (Phi) is 3.11. The third kappa shape index (κ3) is 2.17. The molecule has 22 heavy (non-hydrogen) atoms. The molecule has 1 aromatic heterocycles. The number of aliphatic hydroxyl groups is 2. The Hall–Kier alpha value is -1.69. The van der Waals surface area contributed by atoms with E-state index in [1.54, 1.807) is 11.3 Å². The van der Waals surface area contributed by atoms with Crippen molar-refractivity contribution in [3.8, 4) is 0 Å². The minimum absolute atomic E-state index is 0.152. The van der Waals surface area contributed by atoms with Crippen molar-refractivity contribution in [1.82, 2.24) is 0 Å². The van der Waals surface area contributed by atoms with E-state index in [-0.39, 0.29) is 6.42 Å². The Bertz CT molecular complexity index is 745. The van der Waals surface area contributed by atoms with Gasteiger partial charge in [-0.15, -0.1) is 11.3 Å². The first-order chi connectivity index (χ1) is 10.5. The van der Waals surface area contributed by atoms with Crippen molar-refractivity contribution in [3.63, 3.8) is 0 Å². The van der Waals surface area contributed by atoms with Gasteiger partial charge in [0.15, 0.2) is 5.60 Å². The molecule has 1 fully saturated rings. The van der Waals surface area contributed by atoms with Gasteiger partial charge < -0.3 is 14.9 Å². The number of hydrogen-bond acceptors (Lipinski definition) is 5. The summed E-state index contributed by atoms with van der Waals surface area (Å²) in [6.45, 7) is 0. The number of benzene rings is 1. The zero-order valence-electron chi connectivity index (χ0n) is 11.9. The summed E-state index contributed by atoms with van der Waals surface area (Å²) >= 11 is 1.73. The monoisotopic (exact) mass is 316 g/mol. The van der Waals surface area contributed by atoms with E-state index in [0.717, 1.165) is 6.42 Å². The predicted molar refractivity (Wildman–Crippen MR) is 83.7 cm³/mol. The maximum atomic E-state index is 11.6. The van der Waals surface area contributed by atoms with E-state index < -0.39 is 23.8 Å². The number of thiophene rings is 1. The van der Waals surface area contributed by atoms with Crippen LogP contribution < -0.4 is 0 Å². The Labute approximate surface area is 131 Å². The standard InChI is InChI=1S/C17H16O4S/c18-15-11(8-17(20)9-13(15)21-16(17)19)5-6-12-7-10-3-1-2-4-14(10)22-12/h1-4,7-8,13,15,18,20H,5-6,9H2/t13?,15-,17+/m1/s1. The van der Waals surface area contributed by atoms with Crippen LogP contribution in [0.25, 0.3) is 10.1 Å². The second kappa shape index (κ2) is 4.91. The molecule has 0 saturated carbocycles. The summed E-state index contributed by atoms with van der Waals surface area (Å²) in [5.74, 6) is -0.645. The molecule has 2 bridgehead atoms. The number of carbonyl (C=O) groups excluding carboxylic acids is 1. The molecular formula is C17H16O4S. The summed E-state index contributed by atoms with van der Waals surface area (Å²) in [4.78, 5) is 12.9. The van der Waals surface area contributed by atoms with E-state index in [1.165, 1.54) is 21.0 Å². The van der Waals surface area contributed by atoms with Crippen LogP contribution in [0.2, 0.25) is 0 Å². The van der Waals surface area contributed by atoms with Gasteiger partial charge in [-0.1, -0.05) is 18.2 Å². The van der Waals surface area contributed by atoms with E-state index in [9.17, 15) is 15.0 Å². The second-order valence-electron chi connectivity index (χ2n) is 5.99. The molecule has 1 aliphatic heterocycles. The van der Waals surface area contributed by atoms with Crippen molar-refractivity contribution in [1.29, 1.82) is 0 Å². The fourth-order valence-corrected chi connectivity index (χ4v) is 4.31. The van der Waals surface area contributed by atoms with Crippen molar-refractivity contribution >= 4 is 27.4 Å². The summed E-state index contributed by atoms with van der Waals surface area (Å²) in [6.07, 6.45) is 1.62. The van der Waals surface area contributed by atoms with Crippen LogP contribution in [0.4, 0.5) is 0 Å². The van der Waals surface area contributed by atoms with Crippen LogP contribution in [0.15, 0.2) is 42.0 Å². The number of aliphatic hydroxyl groups excluding tert-OH is 1. The minimum Gasteiger partial charge on any atom is -0.457 e. The summed E-state index contributed by atoms with van der Waals surface area (Å²) in [7, 11) is 0. The smallest absolute Gasteiger partial charge is 0.342 e.